The molecule has 2 rings (SSSR count). The first kappa shape index (κ1) is 9.91. The van der Waals surface area contributed by atoms with Crippen LogP contribution in [0.4, 0.5) is 10.3 Å². The molecule has 7 heteroatoms. The Hall–Kier alpha value is -1.63. The van der Waals surface area contributed by atoms with Crippen molar-refractivity contribution in [2.24, 2.45) is 0 Å². The van der Waals surface area contributed by atoms with Crippen molar-refractivity contribution in [3.05, 3.63) is 24.5 Å². The summed E-state index contributed by atoms with van der Waals surface area (Å²) in [4.78, 5) is 11.5. The Kier molecular flexibility index (Phi) is 2.82. The van der Waals surface area contributed by atoms with E-state index in [0.29, 0.717) is 11.2 Å². The van der Waals surface area contributed by atoms with Gasteiger partial charge in [-0.25, -0.2) is 19.3 Å². The average molecular weight is 226 g/mol. The molecule has 5 nitrogen and oxygen atoms in total. The van der Waals surface area contributed by atoms with Crippen LogP contribution in [0.2, 0.25) is 0 Å². The number of hydrogen-bond donors (Lipinski definition) is 1. The molecule has 78 valence electrons. The van der Waals surface area contributed by atoms with E-state index in [1.54, 1.807) is 7.05 Å². The highest BCUT2D eigenvalue weighted by Gasteiger charge is 2.10. The topological polar surface area (TPSA) is 63.8 Å². The summed E-state index contributed by atoms with van der Waals surface area (Å²) in [5.41, 5.74) is 0. The van der Waals surface area contributed by atoms with Crippen LogP contribution in [0.15, 0.2) is 33.3 Å². The van der Waals surface area contributed by atoms with E-state index in [4.69, 9.17) is 4.42 Å². The standard InChI is InChI=1S/C8H7FN4OS/c1-10-7-12-4-5(9)6(13-7)15-8-11-2-3-14-8/h2-4H,1H3,(H,10,12,13). The Labute approximate surface area is 89.1 Å². The van der Waals surface area contributed by atoms with Crippen molar-refractivity contribution < 1.29 is 8.81 Å². The molecule has 0 unspecified atom stereocenters. The molecule has 0 saturated heterocycles. The zero-order valence-electron chi connectivity index (χ0n) is 7.77. The Balaban J connectivity index is 2.27. The van der Waals surface area contributed by atoms with Gasteiger partial charge in [-0.15, -0.1) is 0 Å². The molecular weight excluding hydrogens is 219 g/mol. The van der Waals surface area contributed by atoms with Gasteiger partial charge in [0.05, 0.1) is 12.4 Å². The van der Waals surface area contributed by atoms with Gasteiger partial charge in [0, 0.05) is 7.05 Å². The maximum atomic E-state index is 13.3. The smallest absolute Gasteiger partial charge is 0.262 e. The van der Waals surface area contributed by atoms with Crippen LogP contribution >= 0.6 is 11.8 Å². The lowest BCUT2D eigenvalue weighted by atomic mass is 10.6. The van der Waals surface area contributed by atoms with Crippen molar-refractivity contribution in [2.45, 2.75) is 10.2 Å². The molecule has 0 aliphatic heterocycles. The van der Waals surface area contributed by atoms with Gasteiger partial charge in [-0.3, -0.25) is 0 Å². The number of hydrogen-bond acceptors (Lipinski definition) is 6. The van der Waals surface area contributed by atoms with Crippen molar-refractivity contribution in [1.82, 2.24) is 15.0 Å². The fourth-order valence-electron chi connectivity index (χ4n) is 0.887. The van der Waals surface area contributed by atoms with E-state index in [0.717, 1.165) is 18.0 Å². The van der Waals surface area contributed by atoms with Crippen LogP contribution in [0.5, 0.6) is 0 Å². The van der Waals surface area contributed by atoms with E-state index >= 15 is 0 Å². The molecule has 0 atom stereocenters. The van der Waals surface area contributed by atoms with Crippen molar-refractivity contribution >= 4 is 17.7 Å². The zero-order valence-corrected chi connectivity index (χ0v) is 8.58. The molecular formula is C8H7FN4OS. The van der Waals surface area contributed by atoms with E-state index in [2.05, 4.69) is 20.3 Å². The summed E-state index contributed by atoms with van der Waals surface area (Å²) in [6.07, 6.45) is 4.00. The second kappa shape index (κ2) is 4.26. The lowest BCUT2D eigenvalue weighted by Gasteiger charge is -2.01. The first-order chi connectivity index (χ1) is 7.29. The SMILES string of the molecule is CNc1ncc(F)c(Sc2ncco2)n1. The van der Waals surface area contributed by atoms with Crippen molar-refractivity contribution in [3.63, 3.8) is 0 Å². The van der Waals surface area contributed by atoms with Crippen LogP contribution in [-0.2, 0) is 0 Å². The van der Waals surface area contributed by atoms with Crippen molar-refractivity contribution in [3.8, 4) is 0 Å². The lowest BCUT2D eigenvalue weighted by molar-refractivity contribution is 0.453. The highest BCUT2D eigenvalue weighted by Crippen LogP contribution is 2.26. The summed E-state index contributed by atoms with van der Waals surface area (Å²) in [6, 6.07) is 0. The van der Waals surface area contributed by atoms with Crippen LogP contribution in [0.3, 0.4) is 0 Å². The molecule has 0 radical (unpaired) electrons. The molecule has 2 aromatic heterocycles. The number of nitrogens with one attached hydrogen (secondary N) is 1. The third kappa shape index (κ3) is 2.24. The van der Waals surface area contributed by atoms with Crippen LogP contribution in [0.25, 0.3) is 0 Å². The van der Waals surface area contributed by atoms with Crippen LogP contribution < -0.4 is 5.32 Å². The maximum absolute atomic E-state index is 13.3. The normalized spacial score (nSPS) is 10.3. The van der Waals surface area contributed by atoms with Crippen LogP contribution in [0, 0.1) is 5.82 Å². The Morgan fingerprint density at radius 2 is 2.33 bits per heavy atom. The molecule has 0 bridgehead atoms. The summed E-state index contributed by atoms with van der Waals surface area (Å²) in [5, 5.41) is 3.24. The second-order valence-corrected chi connectivity index (χ2v) is 3.44. The van der Waals surface area contributed by atoms with Gasteiger partial charge in [0.15, 0.2) is 5.82 Å². The second-order valence-electron chi connectivity index (χ2n) is 2.50. The predicted molar refractivity (Wildman–Crippen MR) is 52.2 cm³/mol. The number of nitrogens with zero attached hydrogens (tertiary/aromatic N) is 3. The predicted octanol–water partition coefficient (Wildman–Crippen LogP) is 1.80. The van der Waals surface area contributed by atoms with Gasteiger partial charge in [-0.2, -0.15) is 0 Å². The number of aromatic nitrogens is 3. The minimum Gasteiger partial charge on any atom is -0.440 e. The zero-order chi connectivity index (χ0) is 10.7. The first-order valence-corrected chi connectivity index (χ1v) is 4.89. The molecule has 2 heterocycles. The summed E-state index contributed by atoms with van der Waals surface area (Å²) in [5.74, 6) is -0.150. The van der Waals surface area contributed by atoms with Gasteiger partial charge >= 0.3 is 0 Å². The summed E-state index contributed by atoms with van der Waals surface area (Å²) >= 11 is 1.01. The molecule has 0 aliphatic carbocycles. The van der Waals surface area contributed by atoms with Gasteiger partial charge < -0.3 is 9.73 Å². The Morgan fingerprint density at radius 1 is 1.47 bits per heavy atom. The third-order valence-corrected chi connectivity index (χ3v) is 2.39. The Morgan fingerprint density at radius 3 is 3.00 bits per heavy atom. The van der Waals surface area contributed by atoms with Gasteiger partial charge in [0.2, 0.25) is 5.95 Å². The number of oxazole rings is 1. The minimum atomic E-state index is -0.503. The molecule has 0 aliphatic rings. The molecule has 0 saturated carbocycles. The van der Waals surface area contributed by atoms with E-state index in [9.17, 15) is 4.39 Å². The summed E-state index contributed by atoms with van der Waals surface area (Å²) in [7, 11) is 1.66. The number of rotatable bonds is 3. The fraction of sp³-hybridized carbons (Fsp3) is 0.125. The highest BCUT2D eigenvalue weighted by atomic mass is 32.2. The number of halogens is 1. The van der Waals surface area contributed by atoms with Crippen molar-refractivity contribution in [1.29, 1.82) is 0 Å². The molecule has 0 fully saturated rings. The first-order valence-electron chi connectivity index (χ1n) is 4.07. The largest absolute Gasteiger partial charge is 0.440 e. The van der Waals surface area contributed by atoms with Gasteiger partial charge in [-0.1, -0.05) is 0 Å². The van der Waals surface area contributed by atoms with Gasteiger partial charge in [-0.05, 0) is 11.8 Å². The van der Waals surface area contributed by atoms with Gasteiger partial charge in [0.25, 0.3) is 5.22 Å². The van der Waals surface area contributed by atoms with Gasteiger partial charge in [0.1, 0.15) is 11.3 Å². The van der Waals surface area contributed by atoms with Crippen LogP contribution in [0.1, 0.15) is 0 Å². The van der Waals surface area contributed by atoms with Crippen molar-refractivity contribution in [2.75, 3.05) is 12.4 Å². The fourth-order valence-corrected chi connectivity index (χ4v) is 1.55. The maximum Gasteiger partial charge on any atom is 0.262 e. The summed E-state index contributed by atoms with van der Waals surface area (Å²) in [6.45, 7) is 0. The molecule has 2 aromatic rings. The summed E-state index contributed by atoms with van der Waals surface area (Å²) < 4.78 is 18.2. The van der Waals surface area contributed by atoms with E-state index in [1.807, 2.05) is 0 Å². The monoisotopic (exact) mass is 226 g/mol. The number of anilines is 1. The van der Waals surface area contributed by atoms with E-state index < -0.39 is 5.82 Å². The molecule has 0 spiro atoms. The third-order valence-electron chi connectivity index (χ3n) is 1.53. The van der Waals surface area contributed by atoms with Crippen LogP contribution in [-0.4, -0.2) is 22.0 Å². The molecule has 0 amide bonds. The van der Waals surface area contributed by atoms with E-state index in [-0.39, 0.29) is 5.03 Å². The molecule has 15 heavy (non-hydrogen) atoms. The molecule has 1 N–H and O–H groups in total. The highest BCUT2D eigenvalue weighted by molar-refractivity contribution is 7.99. The molecule has 0 aromatic carbocycles. The average Bonchev–Trinajstić information content (AvgIpc) is 2.74. The Bertz CT molecular complexity index is 448. The van der Waals surface area contributed by atoms with E-state index in [1.165, 1.54) is 12.5 Å². The lowest BCUT2D eigenvalue weighted by Crippen LogP contribution is -1.98. The quantitative estimate of drug-likeness (QED) is 0.805. The minimum absolute atomic E-state index is 0.178.